The predicted molar refractivity (Wildman–Crippen MR) is 77.8 cm³/mol. The molecule has 1 fully saturated rings. The Morgan fingerprint density at radius 3 is 2.67 bits per heavy atom. The molecule has 1 saturated carbocycles. The Morgan fingerprint density at radius 1 is 1.17 bits per heavy atom. The van der Waals surface area contributed by atoms with E-state index in [0.717, 1.165) is 5.75 Å². The number of methoxy groups -OCH3 is 1. The summed E-state index contributed by atoms with van der Waals surface area (Å²) in [6, 6.07) is 10.5. The normalized spacial score (nSPS) is 13.5. The minimum absolute atomic E-state index is 0.894. The van der Waals surface area contributed by atoms with E-state index in [0.29, 0.717) is 0 Å². The van der Waals surface area contributed by atoms with E-state index < -0.39 is 0 Å². The van der Waals surface area contributed by atoms with Crippen LogP contribution in [0.4, 0.5) is 0 Å². The van der Waals surface area contributed by atoms with Gasteiger partial charge in [0.05, 0.1) is 7.11 Å². The number of allylic oxidation sites excluding steroid dienone is 1. The van der Waals surface area contributed by atoms with Gasteiger partial charge in [0.15, 0.2) is 0 Å². The van der Waals surface area contributed by atoms with Gasteiger partial charge in [0.1, 0.15) is 5.75 Å². The number of hydrogen-bond acceptors (Lipinski definition) is 1. The molecule has 0 aliphatic heterocycles. The first-order chi connectivity index (χ1) is 8.81. The molecule has 90 valence electrons. The summed E-state index contributed by atoms with van der Waals surface area (Å²) in [5.41, 5.74) is 4.02. The molecule has 0 spiro atoms. The van der Waals surface area contributed by atoms with Crippen LogP contribution in [-0.4, -0.2) is 7.11 Å². The maximum absolute atomic E-state index is 5.26. The summed E-state index contributed by atoms with van der Waals surface area (Å²) in [6.45, 7) is 3.95. The molecule has 1 heteroatoms. The van der Waals surface area contributed by atoms with Gasteiger partial charge in [-0.25, -0.2) is 0 Å². The molecule has 3 rings (SSSR count). The Kier molecular flexibility index (Phi) is 2.67. The summed E-state index contributed by atoms with van der Waals surface area (Å²) >= 11 is 0. The van der Waals surface area contributed by atoms with Crippen molar-refractivity contribution in [3.8, 4) is 5.75 Å². The molecule has 0 aromatic heterocycles. The summed E-state index contributed by atoms with van der Waals surface area (Å²) < 4.78 is 5.26. The van der Waals surface area contributed by atoms with Gasteiger partial charge in [0.2, 0.25) is 0 Å². The van der Waals surface area contributed by atoms with Crippen molar-refractivity contribution in [1.82, 2.24) is 0 Å². The molecular weight excluding hydrogens is 220 g/mol. The van der Waals surface area contributed by atoms with Gasteiger partial charge < -0.3 is 4.74 Å². The lowest BCUT2D eigenvalue weighted by molar-refractivity contribution is 0.415. The Morgan fingerprint density at radius 2 is 2.00 bits per heavy atom. The van der Waals surface area contributed by atoms with Crippen LogP contribution in [-0.2, 0) is 0 Å². The van der Waals surface area contributed by atoms with E-state index in [1.807, 2.05) is 12.1 Å². The van der Waals surface area contributed by atoms with E-state index in [4.69, 9.17) is 4.74 Å². The van der Waals surface area contributed by atoms with E-state index in [9.17, 15) is 0 Å². The van der Waals surface area contributed by atoms with Crippen LogP contribution in [0.25, 0.3) is 22.9 Å². The summed E-state index contributed by atoms with van der Waals surface area (Å²) in [5, 5.41) is 2.43. The molecule has 0 bridgehead atoms. The smallest absolute Gasteiger partial charge is 0.119 e. The van der Waals surface area contributed by atoms with Gasteiger partial charge in [-0.15, -0.1) is 0 Å². The zero-order valence-corrected chi connectivity index (χ0v) is 10.6. The van der Waals surface area contributed by atoms with Gasteiger partial charge in [-0.1, -0.05) is 42.5 Å². The molecule has 0 saturated heterocycles. The molecular formula is C17H16O. The van der Waals surface area contributed by atoms with Gasteiger partial charge >= 0.3 is 0 Å². The van der Waals surface area contributed by atoms with E-state index in [2.05, 4.69) is 36.9 Å². The maximum Gasteiger partial charge on any atom is 0.119 e. The average molecular weight is 236 g/mol. The lowest BCUT2D eigenvalue weighted by Gasteiger charge is -2.08. The highest BCUT2D eigenvalue weighted by Crippen LogP contribution is 2.33. The summed E-state index contributed by atoms with van der Waals surface area (Å²) in [4.78, 5) is 0. The monoisotopic (exact) mass is 236 g/mol. The summed E-state index contributed by atoms with van der Waals surface area (Å²) in [6.07, 6.45) is 6.73. The third-order valence-corrected chi connectivity index (χ3v) is 3.40. The third kappa shape index (κ3) is 1.92. The van der Waals surface area contributed by atoms with Crippen molar-refractivity contribution in [2.24, 2.45) is 0 Å². The summed E-state index contributed by atoms with van der Waals surface area (Å²) in [7, 11) is 1.70. The highest BCUT2D eigenvalue weighted by molar-refractivity contribution is 5.95. The molecule has 0 amide bonds. The zero-order chi connectivity index (χ0) is 12.5. The molecule has 0 N–H and O–H groups in total. The highest BCUT2D eigenvalue weighted by Gasteiger charge is 2.12. The quantitative estimate of drug-likeness (QED) is 0.752. The van der Waals surface area contributed by atoms with E-state index in [1.54, 1.807) is 7.11 Å². The standard InChI is InChI=1S/C17H16O/c1-3-16-13(10-12-4-5-12)6-7-14-11-15(18-2)8-9-17(14)16/h3,6-11H,1,4-5H2,2H3. The first kappa shape index (κ1) is 11.1. The zero-order valence-electron chi connectivity index (χ0n) is 10.6. The van der Waals surface area contributed by atoms with Gasteiger partial charge in [0.25, 0.3) is 0 Å². The molecule has 1 aliphatic rings. The molecule has 0 radical (unpaired) electrons. The number of hydrogen-bond donors (Lipinski definition) is 0. The average Bonchev–Trinajstić information content (AvgIpc) is 3.22. The van der Waals surface area contributed by atoms with Crippen LogP contribution >= 0.6 is 0 Å². The van der Waals surface area contributed by atoms with Crippen LogP contribution in [0.5, 0.6) is 5.75 Å². The second-order valence-electron chi connectivity index (χ2n) is 4.66. The Bertz CT molecular complexity index is 644. The van der Waals surface area contributed by atoms with E-state index in [-0.39, 0.29) is 0 Å². The van der Waals surface area contributed by atoms with E-state index in [1.165, 1.54) is 40.3 Å². The number of fused-ring (bicyclic) bond motifs is 1. The van der Waals surface area contributed by atoms with Crippen LogP contribution in [0.15, 0.2) is 42.5 Å². The van der Waals surface area contributed by atoms with Crippen molar-refractivity contribution in [2.45, 2.75) is 12.8 Å². The molecule has 2 aromatic carbocycles. The number of ether oxygens (including phenoxy) is 1. The second-order valence-corrected chi connectivity index (χ2v) is 4.66. The number of rotatable bonds is 3. The first-order valence-electron chi connectivity index (χ1n) is 6.24. The van der Waals surface area contributed by atoms with Gasteiger partial charge in [-0.05, 0) is 46.9 Å². The Balaban J connectivity index is 2.22. The second kappa shape index (κ2) is 4.34. The molecule has 1 aliphatic carbocycles. The Labute approximate surface area is 107 Å². The fraction of sp³-hybridized carbons (Fsp3) is 0.176. The predicted octanol–water partition coefficient (Wildman–Crippen LogP) is 4.67. The van der Waals surface area contributed by atoms with Crippen molar-refractivity contribution in [1.29, 1.82) is 0 Å². The maximum atomic E-state index is 5.26. The van der Waals surface area contributed by atoms with Gasteiger partial charge in [-0.3, -0.25) is 0 Å². The highest BCUT2D eigenvalue weighted by atomic mass is 16.5. The fourth-order valence-corrected chi connectivity index (χ4v) is 2.27. The molecule has 0 heterocycles. The fourth-order valence-electron chi connectivity index (χ4n) is 2.27. The lowest BCUT2D eigenvalue weighted by Crippen LogP contribution is -1.87. The van der Waals surface area contributed by atoms with Gasteiger partial charge in [0, 0.05) is 0 Å². The minimum Gasteiger partial charge on any atom is -0.497 e. The van der Waals surface area contributed by atoms with Crippen LogP contribution in [0.1, 0.15) is 24.0 Å². The van der Waals surface area contributed by atoms with Crippen LogP contribution in [0, 0.1) is 0 Å². The van der Waals surface area contributed by atoms with Gasteiger partial charge in [-0.2, -0.15) is 0 Å². The molecule has 2 aromatic rings. The third-order valence-electron chi connectivity index (χ3n) is 3.40. The first-order valence-corrected chi connectivity index (χ1v) is 6.24. The van der Waals surface area contributed by atoms with Crippen molar-refractivity contribution < 1.29 is 4.74 Å². The van der Waals surface area contributed by atoms with Crippen molar-refractivity contribution in [3.05, 3.63) is 53.6 Å². The summed E-state index contributed by atoms with van der Waals surface area (Å²) in [5.74, 6) is 0.894. The van der Waals surface area contributed by atoms with Crippen LogP contribution in [0.2, 0.25) is 0 Å². The topological polar surface area (TPSA) is 9.23 Å². The van der Waals surface area contributed by atoms with Crippen molar-refractivity contribution >= 4 is 22.9 Å². The Hall–Kier alpha value is -2.02. The SMILES string of the molecule is C=Cc1c(C=C2CC2)ccc2cc(OC)ccc12. The molecule has 0 unspecified atom stereocenters. The van der Waals surface area contributed by atoms with Crippen LogP contribution < -0.4 is 4.74 Å². The largest absolute Gasteiger partial charge is 0.497 e. The lowest BCUT2D eigenvalue weighted by atomic mass is 9.98. The molecule has 1 nitrogen and oxygen atoms in total. The number of benzene rings is 2. The van der Waals surface area contributed by atoms with Crippen molar-refractivity contribution in [2.75, 3.05) is 7.11 Å². The molecule has 0 atom stereocenters. The minimum atomic E-state index is 0.894. The van der Waals surface area contributed by atoms with Crippen molar-refractivity contribution in [3.63, 3.8) is 0 Å². The van der Waals surface area contributed by atoms with Crippen LogP contribution in [0.3, 0.4) is 0 Å². The molecule has 18 heavy (non-hydrogen) atoms. The van der Waals surface area contributed by atoms with E-state index >= 15 is 0 Å².